The molecule has 0 spiro atoms. The van der Waals surface area contributed by atoms with Gasteiger partial charge in [0.05, 0.1) is 11.3 Å². The molecule has 7 nitrogen and oxygen atoms in total. The molecule has 0 bridgehead atoms. The van der Waals surface area contributed by atoms with E-state index in [2.05, 4.69) is 20.8 Å². The van der Waals surface area contributed by atoms with Gasteiger partial charge < -0.3 is 16.4 Å². The van der Waals surface area contributed by atoms with E-state index in [9.17, 15) is 9.59 Å². The van der Waals surface area contributed by atoms with Gasteiger partial charge in [-0.1, -0.05) is 0 Å². The largest absolute Gasteiger partial charge is 0.353 e. The Morgan fingerprint density at radius 3 is 2.27 bits per heavy atom. The second kappa shape index (κ2) is 7.40. The van der Waals surface area contributed by atoms with Crippen molar-refractivity contribution in [2.24, 2.45) is 5.73 Å². The smallest absolute Gasteiger partial charge is 0.255 e. The number of aromatic nitrogens is 2. The summed E-state index contributed by atoms with van der Waals surface area (Å²) in [5, 5.41) is 12.9. The summed E-state index contributed by atoms with van der Waals surface area (Å²) in [5.74, 6) is -0.0565. The second-order valence-corrected chi connectivity index (χ2v) is 5.94. The number of amides is 2. The first-order valence-corrected chi connectivity index (χ1v) is 7.83. The zero-order valence-corrected chi connectivity index (χ0v) is 13.2. The molecule has 0 atom stereocenters. The molecule has 2 amide bonds. The number of aromatic amines is 1. The minimum Gasteiger partial charge on any atom is -0.353 e. The monoisotopic (exact) mass is 307 g/mol. The molecular formula is C15H25N5O2. The lowest BCUT2D eigenvalue weighted by molar-refractivity contribution is -0.121. The van der Waals surface area contributed by atoms with Crippen LogP contribution in [0.4, 0.5) is 0 Å². The fraction of sp³-hybridized carbons (Fsp3) is 0.667. The van der Waals surface area contributed by atoms with Gasteiger partial charge in [-0.05, 0) is 39.5 Å². The maximum absolute atomic E-state index is 12.3. The van der Waals surface area contributed by atoms with E-state index in [4.69, 9.17) is 5.73 Å². The van der Waals surface area contributed by atoms with Crippen molar-refractivity contribution < 1.29 is 9.59 Å². The molecule has 0 unspecified atom stereocenters. The number of nitrogens with zero attached hydrogens (tertiary/aromatic N) is 1. The summed E-state index contributed by atoms with van der Waals surface area (Å²) in [6, 6.07) is 0.355. The fourth-order valence-electron chi connectivity index (χ4n) is 2.96. The number of rotatable bonds is 5. The third-order valence-corrected chi connectivity index (χ3v) is 4.15. The van der Waals surface area contributed by atoms with Gasteiger partial charge in [0.1, 0.15) is 0 Å². The van der Waals surface area contributed by atoms with Gasteiger partial charge in [-0.25, -0.2) is 0 Å². The molecule has 1 aromatic heterocycles. The lowest BCUT2D eigenvalue weighted by Gasteiger charge is -2.29. The van der Waals surface area contributed by atoms with Crippen LogP contribution in [0.3, 0.4) is 0 Å². The van der Waals surface area contributed by atoms with Gasteiger partial charge in [0.15, 0.2) is 0 Å². The number of hydrogen-bond donors (Lipinski definition) is 4. The van der Waals surface area contributed by atoms with Crippen molar-refractivity contribution in [3.63, 3.8) is 0 Å². The summed E-state index contributed by atoms with van der Waals surface area (Å²) in [6.45, 7) is 4.04. The van der Waals surface area contributed by atoms with Gasteiger partial charge in [0.2, 0.25) is 5.91 Å². The Morgan fingerprint density at radius 1 is 1.18 bits per heavy atom. The van der Waals surface area contributed by atoms with E-state index in [0.717, 1.165) is 37.1 Å². The van der Waals surface area contributed by atoms with E-state index in [1.54, 1.807) is 0 Å². The Kier molecular flexibility index (Phi) is 5.54. The topological polar surface area (TPSA) is 113 Å². The molecule has 2 rings (SSSR count). The third-order valence-electron chi connectivity index (χ3n) is 4.15. The quantitative estimate of drug-likeness (QED) is 0.635. The molecule has 7 heteroatoms. The minimum atomic E-state index is -0.0700. The molecule has 0 aromatic carbocycles. The Labute approximate surface area is 130 Å². The van der Waals surface area contributed by atoms with Gasteiger partial charge in [0.25, 0.3) is 5.91 Å². The second-order valence-electron chi connectivity index (χ2n) is 5.94. The summed E-state index contributed by atoms with van der Waals surface area (Å²) in [7, 11) is 0. The molecule has 0 radical (unpaired) electrons. The Bertz CT molecular complexity index is 513. The Balaban J connectivity index is 1.80. The molecule has 5 N–H and O–H groups in total. The van der Waals surface area contributed by atoms with Crippen LogP contribution < -0.4 is 16.4 Å². The first-order chi connectivity index (χ1) is 10.5. The Morgan fingerprint density at radius 2 is 1.77 bits per heavy atom. The number of carbonyl (C=O) groups is 2. The maximum Gasteiger partial charge on any atom is 0.255 e. The van der Waals surface area contributed by atoms with Crippen LogP contribution in [0.1, 0.15) is 53.8 Å². The highest BCUT2D eigenvalue weighted by Gasteiger charge is 2.25. The van der Waals surface area contributed by atoms with Crippen LogP contribution in [0, 0.1) is 13.8 Å². The molecule has 22 heavy (non-hydrogen) atoms. The maximum atomic E-state index is 12.3. The molecule has 1 aromatic rings. The molecular weight excluding hydrogens is 282 g/mol. The van der Waals surface area contributed by atoms with Crippen molar-refractivity contribution in [2.45, 2.75) is 58.0 Å². The van der Waals surface area contributed by atoms with Crippen LogP contribution in [0.2, 0.25) is 0 Å². The molecule has 1 heterocycles. The van der Waals surface area contributed by atoms with E-state index in [1.807, 2.05) is 13.8 Å². The molecule has 1 saturated carbocycles. The molecule has 1 aliphatic carbocycles. The van der Waals surface area contributed by atoms with Crippen molar-refractivity contribution >= 4 is 11.8 Å². The lowest BCUT2D eigenvalue weighted by Crippen LogP contribution is -2.44. The van der Waals surface area contributed by atoms with Crippen molar-refractivity contribution in [1.29, 1.82) is 0 Å². The number of H-pyrrole nitrogens is 1. The normalized spacial score (nSPS) is 21.4. The van der Waals surface area contributed by atoms with Crippen molar-refractivity contribution in [2.75, 3.05) is 6.54 Å². The van der Waals surface area contributed by atoms with Gasteiger partial charge >= 0.3 is 0 Å². The van der Waals surface area contributed by atoms with E-state index in [1.165, 1.54) is 0 Å². The van der Waals surface area contributed by atoms with Crippen molar-refractivity contribution in [3.8, 4) is 0 Å². The Hall–Kier alpha value is -1.89. The van der Waals surface area contributed by atoms with E-state index < -0.39 is 0 Å². The number of hydrogen-bond acceptors (Lipinski definition) is 4. The predicted octanol–water partition coefficient (Wildman–Crippen LogP) is 0.533. The van der Waals surface area contributed by atoms with Crippen LogP contribution >= 0.6 is 0 Å². The number of nitrogens with one attached hydrogen (secondary N) is 3. The first-order valence-electron chi connectivity index (χ1n) is 7.83. The van der Waals surface area contributed by atoms with Crippen molar-refractivity contribution in [1.82, 2.24) is 20.8 Å². The highest BCUT2D eigenvalue weighted by atomic mass is 16.2. The number of aryl methyl sites for hydroxylation is 2. The molecule has 0 saturated heterocycles. The highest BCUT2D eigenvalue weighted by molar-refractivity contribution is 5.96. The van der Waals surface area contributed by atoms with Gasteiger partial charge in [-0.2, -0.15) is 5.10 Å². The van der Waals surface area contributed by atoms with Crippen molar-refractivity contribution in [3.05, 3.63) is 17.0 Å². The average molecular weight is 307 g/mol. The summed E-state index contributed by atoms with van der Waals surface area (Å²) >= 11 is 0. The first kappa shape index (κ1) is 16.5. The average Bonchev–Trinajstić information content (AvgIpc) is 2.80. The number of nitrogens with two attached hydrogens (primary N) is 1. The van der Waals surface area contributed by atoms with Gasteiger partial charge in [0, 0.05) is 30.7 Å². The summed E-state index contributed by atoms with van der Waals surface area (Å²) in [5.41, 5.74) is 7.51. The van der Waals surface area contributed by atoms with Crippen LogP contribution in [0.5, 0.6) is 0 Å². The van der Waals surface area contributed by atoms with Gasteiger partial charge in [-0.15, -0.1) is 0 Å². The van der Waals surface area contributed by atoms with E-state index in [-0.39, 0.29) is 23.9 Å². The van der Waals surface area contributed by atoms with Crippen LogP contribution in [-0.2, 0) is 4.79 Å². The standard InChI is InChI=1S/C15H25N5O2/c1-9-14(10(2)20-19-9)15(22)18-12-5-3-11(4-6-12)17-13(21)7-8-16/h11-12H,3-8,16H2,1-2H3,(H,17,21)(H,18,22)(H,19,20). The molecule has 0 aliphatic heterocycles. The lowest BCUT2D eigenvalue weighted by atomic mass is 9.91. The summed E-state index contributed by atoms with van der Waals surface area (Å²) in [6.07, 6.45) is 3.87. The predicted molar refractivity (Wildman–Crippen MR) is 83.4 cm³/mol. The van der Waals surface area contributed by atoms with E-state index >= 15 is 0 Å². The SMILES string of the molecule is Cc1n[nH]c(C)c1C(=O)NC1CCC(NC(=O)CCN)CC1. The summed E-state index contributed by atoms with van der Waals surface area (Å²) in [4.78, 5) is 23.8. The minimum absolute atomic E-state index is 0.0135. The number of carbonyl (C=O) groups excluding carboxylic acids is 2. The molecule has 1 aliphatic rings. The van der Waals surface area contributed by atoms with Crippen LogP contribution in [0.25, 0.3) is 0 Å². The molecule has 1 fully saturated rings. The van der Waals surface area contributed by atoms with Gasteiger partial charge in [-0.3, -0.25) is 14.7 Å². The van der Waals surface area contributed by atoms with E-state index in [0.29, 0.717) is 18.5 Å². The highest BCUT2D eigenvalue weighted by Crippen LogP contribution is 2.20. The zero-order valence-electron chi connectivity index (χ0n) is 13.2. The summed E-state index contributed by atoms with van der Waals surface area (Å²) < 4.78 is 0. The molecule has 122 valence electrons. The fourth-order valence-corrected chi connectivity index (χ4v) is 2.96. The van der Waals surface area contributed by atoms with Crippen LogP contribution in [-0.4, -0.2) is 40.6 Å². The van der Waals surface area contributed by atoms with Crippen LogP contribution in [0.15, 0.2) is 0 Å². The third kappa shape index (κ3) is 4.07. The zero-order chi connectivity index (χ0) is 16.1.